The van der Waals surface area contributed by atoms with Crippen LogP contribution in [0.3, 0.4) is 0 Å². The van der Waals surface area contributed by atoms with Gasteiger partial charge in [-0.25, -0.2) is 0 Å². The molecule has 0 amide bonds. The molecule has 0 fully saturated rings. The largest absolute Gasteiger partial charge is 0.456 e. The van der Waals surface area contributed by atoms with E-state index in [1.54, 1.807) is 0 Å². The van der Waals surface area contributed by atoms with Crippen LogP contribution < -0.4 is 4.90 Å². The molecule has 1 unspecified atom stereocenters. The highest BCUT2D eigenvalue weighted by Crippen LogP contribution is 2.58. The van der Waals surface area contributed by atoms with E-state index < -0.39 is 5.41 Å². The van der Waals surface area contributed by atoms with E-state index in [1.807, 2.05) is 6.07 Å². The van der Waals surface area contributed by atoms with Crippen molar-refractivity contribution in [2.75, 3.05) is 4.90 Å². The summed E-state index contributed by atoms with van der Waals surface area (Å²) in [5.41, 5.74) is 15.8. The van der Waals surface area contributed by atoms with E-state index in [4.69, 9.17) is 8.83 Å². The van der Waals surface area contributed by atoms with E-state index in [1.165, 1.54) is 44.2 Å². The van der Waals surface area contributed by atoms with Gasteiger partial charge in [-0.15, -0.1) is 0 Å². The van der Waals surface area contributed by atoms with E-state index in [-0.39, 0.29) is 0 Å². The molecule has 0 saturated carbocycles. The highest BCUT2D eigenvalue weighted by atomic mass is 16.3. The van der Waals surface area contributed by atoms with E-state index in [0.717, 1.165) is 72.1 Å². The van der Waals surface area contributed by atoms with Crippen LogP contribution in [0.15, 0.2) is 233 Å². The number of para-hydroxylation sites is 1. The monoisotopic (exact) mass is 791 g/mol. The van der Waals surface area contributed by atoms with Crippen LogP contribution in [0.25, 0.3) is 76.9 Å². The highest BCUT2D eigenvalue weighted by Gasteiger charge is 2.46. The lowest BCUT2D eigenvalue weighted by Gasteiger charge is -2.35. The average Bonchev–Trinajstić information content (AvgIpc) is 4.01. The molecule has 0 saturated heterocycles. The molecule has 0 aliphatic heterocycles. The molecule has 0 N–H and O–H groups in total. The number of furan rings is 2. The third kappa shape index (κ3) is 4.94. The summed E-state index contributed by atoms with van der Waals surface area (Å²) in [6.07, 6.45) is 0. The minimum atomic E-state index is -0.595. The van der Waals surface area contributed by atoms with Crippen molar-refractivity contribution in [3.05, 3.63) is 247 Å². The molecule has 62 heavy (non-hydrogen) atoms. The minimum absolute atomic E-state index is 0.595. The van der Waals surface area contributed by atoms with Gasteiger partial charge < -0.3 is 13.7 Å². The molecule has 1 aliphatic rings. The van der Waals surface area contributed by atoms with Gasteiger partial charge in [0.1, 0.15) is 22.3 Å². The summed E-state index contributed by atoms with van der Waals surface area (Å²) in [6.45, 7) is 0. The van der Waals surface area contributed by atoms with Gasteiger partial charge in [0.25, 0.3) is 0 Å². The van der Waals surface area contributed by atoms with Crippen LogP contribution in [0, 0.1) is 0 Å². The fourth-order valence-electron chi connectivity index (χ4n) is 10.6. The van der Waals surface area contributed by atoms with E-state index in [9.17, 15) is 0 Å². The zero-order valence-electron chi connectivity index (χ0n) is 33.6. The Morgan fingerprint density at radius 2 is 0.984 bits per heavy atom. The molecule has 13 rings (SSSR count). The van der Waals surface area contributed by atoms with Crippen LogP contribution >= 0.6 is 0 Å². The molecule has 10 aromatic carbocycles. The van der Waals surface area contributed by atoms with Crippen LogP contribution in [0.5, 0.6) is 0 Å². The summed E-state index contributed by atoms with van der Waals surface area (Å²) >= 11 is 0. The van der Waals surface area contributed by atoms with Crippen LogP contribution in [-0.2, 0) is 5.41 Å². The fraction of sp³-hybridized carbons (Fsp3) is 0.0169. The SMILES string of the molecule is c1ccc(-c2cccc3oc4ccc(N(c5cccc(C6(c7ccccc7)c7ccccc7-c7c6ccc6ccccc76)c5)c5cccc6oc7ccccc7c56)cc4c23)cc1. The molecule has 3 heteroatoms. The number of fused-ring (bicyclic) bond motifs is 11. The Hall–Kier alpha value is -8.14. The van der Waals surface area contributed by atoms with Crippen molar-refractivity contribution in [1.82, 2.24) is 0 Å². The topological polar surface area (TPSA) is 29.5 Å². The van der Waals surface area contributed by atoms with Crippen LogP contribution in [0.2, 0.25) is 0 Å². The number of hydrogen-bond donors (Lipinski definition) is 0. The van der Waals surface area contributed by atoms with E-state index in [2.05, 4.69) is 223 Å². The van der Waals surface area contributed by atoms with Crippen LogP contribution in [0.4, 0.5) is 17.1 Å². The highest BCUT2D eigenvalue weighted by molar-refractivity contribution is 6.16. The molecule has 12 aromatic rings. The minimum Gasteiger partial charge on any atom is -0.456 e. The smallest absolute Gasteiger partial charge is 0.137 e. The van der Waals surface area contributed by atoms with Crippen molar-refractivity contribution in [3.8, 4) is 22.3 Å². The van der Waals surface area contributed by atoms with Gasteiger partial charge >= 0.3 is 0 Å². The fourth-order valence-corrected chi connectivity index (χ4v) is 10.6. The first-order valence-corrected chi connectivity index (χ1v) is 21.2. The van der Waals surface area contributed by atoms with Crippen molar-refractivity contribution in [3.63, 3.8) is 0 Å². The second-order valence-electron chi connectivity index (χ2n) is 16.3. The Labute approximate surface area is 358 Å². The summed E-state index contributed by atoms with van der Waals surface area (Å²) in [5, 5.41) is 6.81. The third-order valence-corrected chi connectivity index (χ3v) is 13.1. The molecule has 1 aliphatic carbocycles. The van der Waals surface area contributed by atoms with Gasteiger partial charge in [-0.1, -0.05) is 170 Å². The lowest BCUT2D eigenvalue weighted by molar-refractivity contribution is 0.668. The maximum atomic E-state index is 6.59. The van der Waals surface area contributed by atoms with Gasteiger partial charge in [0.05, 0.1) is 16.5 Å². The first-order chi connectivity index (χ1) is 30.8. The molecule has 0 spiro atoms. The number of anilines is 3. The van der Waals surface area contributed by atoms with Gasteiger partial charge in [-0.2, -0.15) is 0 Å². The predicted molar refractivity (Wildman–Crippen MR) is 256 cm³/mol. The maximum absolute atomic E-state index is 6.59. The summed E-state index contributed by atoms with van der Waals surface area (Å²) in [5.74, 6) is 0. The van der Waals surface area contributed by atoms with Crippen molar-refractivity contribution in [1.29, 1.82) is 0 Å². The number of hydrogen-bond acceptors (Lipinski definition) is 3. The number of rotatable bonds is 6. The molecule has 0 radical (unpaired) electrons. The van der Waals surface area contributed by atoms with Gasteiger partial charge in [0.2, 0.25) is 0 Å². The van der Waals surface area contributed by atoms with Gasteiger partial charge in [0.15, 0.2) is 0 Å². The molecule has 3 nitrogen and oxygen atoms in total. The van der Waals surface area contributed by atoms with Gasteiger partial charge in [-0.3, -0.25) is 0 Å². The molecule has 0 bridgehead atoms. The van der Waals surface area contributed by atoms with E-state index >= 15 is 0 Å². The normalized spacial score (nSPS) is 14.5. The van der Waals surface area contributed by atoms with Crippen molar-refractivity contribution in [2.45, 2.75) is 5.41 Å². The average molecular weight is 792 g/mol. The summed E-state index contributed by atoms with van der Waals surface area (Å²) in [6, 6.07) is 81.1. The number of nitrogens with zero attached hydrogens (tertiary/aromatic N) is 1. The Morgan fingerprint density at radius 3 is 1.85 bits per heavy atom. The Bertz CT molecular complexity index is 3710. The molecule has 2 heterocycles. The second-order valence-corrected chi connectivity index (χ2v) is 16.3. The summed E-state index contributed by atoms with van der Waals surface area (Å²) < 4.78 is 13.1. The lowest BCUT2D eigenvalue weighted by Crippen LogP contribution is -2.28. The zero-order valence-corrected chi connectivity index (χ0v) is 33.6. The molecular weight excluding hydrogens is 755 g/mol. The first kappa shape index (κ1) is 34.7. The molecule has 290 valence electrons. The zero-order chi connectivity index (χ0) is 40.8. The Kier molecular flexibility index (Phi) is 7.52. The summed E-state index contributed by atoms with van der Waals surface area (Å²) in [4.78, 5) is 2.41. The van der Waals surface area contributed by atoms with Crippen molar-refractivity contribution in [2.24, 2.45) is 0 Å². The van der Waals surface area contributed by atoms with Crippen molar-refractivity contribution < 1.29 is 8.83 Å². The number of benzene rings is 10. The molecular formula is C59H37NO2. The molecule has 2 aromatic heterocycles. The molecule has 1 atom stereocenters. The van der Waals surface area contributed by atoms with Gasteiger partial charge in [-0.05, 0) is 110 Å². The first-order valence-electron chi connectivity index (χ1n) is 21.2. The van der Waals surface area contributed by atoms with Crippen LogP contribution in [-0.4, -0.2) is 0 Å². The van der Waals surface area contributed by atoms with Gasteiger partial charge in [0, 0.05) is 27.5 Å². The van der Waals surface area contributed by atoms with Crippen LogP contribution in [0.1, 0.15) is 22.3 Å². The van der Waals surface area contributed by atoms with Crippen molar-refractivity contribution >= 4 is 71.7 Å². The summed E-state index contributed by atoms with van der Waals surface area (Å²) in [7, 11) is 0. The standard InChI is InChI=1S/C59H37NO2/c1-3-16-38(17-4-1)45-26-14-30-54-57(45)48-37-43(33-35-53(48)62-54)60(51-28-15-31-55-58(51)47-25-10-12-29-52(47)61-55)42-22-13-21-41(36-42)59(40-19-5-2-6-20-40)49-27-11-9-24-46(49)56-44-23-8-7-18-39(44)32-34-50(56)59/h1-37H. The quantitative estimate of drug-likeness (QED) is 0.168. The third-order valence-electron chi connectivity index (χ3n) is 13.1. The Balaban J connectivity index is 1.11. The van der Waals surface area contributed by atoms with E-state index in [0.29, 0.717) is 0 Å². The maximum Gasteiger partial charge on any atom is 0.137 e. The second kappa shape index (κ2) is 13.4. The predicted octanol–water partition coefficient (Wildman–Crippen LogP) is 16.1. The Morgan fingerprint density at radius 1 is 0.355 bits per heavy atom. The lowest BCUT2D eigenvalue weighted by atomic mass is 9.67.